The topological polar surface area (TPSA) is 20.2 Å². The Hall–Kier alpha value is 0.499. The van der Waals surface area contributed by atoms with Gasteiger partial charge in [0, 0.05) is 0 Å². The van der Waals surface area contributed by atoms with E-state index in [1.54, 1.807) is 13.3 Å². The van der Waals surface area contributed by atoms with Gasteiger partial charge in [-0.25, -0.2) is 0 Å². The van der Waals surface area contributed by atoms with Gasteiger partial charge in [-0.15, -0.1) is 0 Å². The van der Waals surface area contributed by atoms with Crippen molar-refractivity contribution in [3.63, 3.8) is 0 Å². The summed E-state index contributed by atoms with van der Waals surface area (Å²) in [6.45, 7) is 12.1. The van der Waals surface area contributed by atoms with Gasteiger partial charge in [0.25, 0.3) is 0 Å². The van der Waals surface area contributed by atoms with Gasteiger partial charge in [0.05, 0.1) is 0 Å². The second-order valence-electron chi connectivity index (χ2n) is 10.6. The molecule has 0 spiro atoms. The molecule has 0 aromatic heterocycles. The monoisotopic (exact) mass is 498 g/mol. The predicted molar refractivity (Wildman–Crippen MR) is 127 cm³/mol. The van der Waals surface area contributed by atoms with E-state index in [9.17, 15) is 5.11 Å². The summed E-state index contributed by atoms with van der Waals surface area (Å²) in [7, 11) is 0. The van der Waals surface area contributed by atoms with E-state index >= 15 is 0 Å². The van der Waals surface area contributed by atoms with Crippen LogP contribution < -0.4 is 0 Å². The van der Waals surface area contributed by atoms with Gasteiger partial charge in [-0.05, 0) is 0 Å². The average Bonchev–Trinajstić information content (AvgIpc) is 3.05. The molecular weight excluding hydrogens is 447 g/mol. The number of rotatable bonds is 12. The summed E-state index contributed by atoms with van der Waals surface area (Å²) in [6, 6.07) is 0. The fourth-order valence-corrected chi connectivity index (χ4v) is 21.4. The zero-order valence-corrected chi connectivity index (χ0v) is 22.7. The number of fused-ring (bicyclic) bond motifs is 1. The van der Waals surface area contributed by atoms with Gasteiger partial charge >= 0.3 is 181 Å². The maximum atomic E-state index is 10.6. The van der Waals surface area contributed by atoms with E-state index < -0.39 is 18.4 Å². The van der Waals surface area contributed by atoms with Crippen molar-refractivity contribution in [3.05, 3.63) is 10.2 Å². The summed E-state index contributed by atoms with van der Waals surface area (Å²) in [5.41, 5.74) is 0.385. The van der Waals surface area contributed by atoms with Gasteiger partial charge in [-0.3, -0.25) is 0 Å². The molecule has 0 aliphatic heterocycles. The molecule has 1 N–H and O–H groups in total. The molecule has 2 fully saturated rings. The molecule has 28 heavy (non-hydrogen) atoms. The summed E-state index contributed by atoms with van der Waals surface area (Å²) in [5.74, 6) is 2.05. The first-order chi connectivity index (χ1) is 13.4. The van der Waals surface area contributed by atoms with Gasteiger partial charge in [-0.1, -0.05) is 0 Å². The van der Waals surface area contributed by atoms with Crippen molar-refractivity contribution in [2.75, 3.05) is 0 Å². The molecule has 0 amide bonds. The fourth-order valence-electron chi connectivity index (χ4n) is 6.75. The molecule has 5 atom stereocenters. The van der Waals surface area contributed by atoms with Crippen LogP contribution in [0.5, 0.6) is 0 Å². The van der Waals surface area contributed by atoms with E-state index in [2.05, 4.69) is 44.8 Å². The number of hydrogen-bond acceptors (Lipinski definition) is 1. The standard InChI is InChI=1S/C14H23O.3C4H9.Sn/c1-4-10(2)11-7-8-12-13(15)6-5-9-14(11,12)3;3*1-3-4-2;/h1,4,10-13,15H,5-9H2,2-3H3;3*1,3-4H2,2H3;/t10-,11?,12?,13?,14+;;;;/m0..../s1. The Morgan fingerprint density at radius 1 is 0.964 bits per heavy atom. The molecule has 2 aliphatic rings. The number of aliphatic hydroxyl groups is 1. The minimum atomic E-state index is -2.16. The van der Waals surface area contributed by atoms with Crippen LogP contribution in [0.1, 0.15) is 105 Å². The van der Waals surface area contributed by atoms with Crippen molar-refractivity contribution in [1.82, 2.24) is 0 Å². The molecule has 164 valence electrons. The fraction of sp³-hybridized carbons (Fsp3) is 0.923. The molecule has 2 rings (SSSR count). The van der Waals surface area contributed by atoms with Crippen LogP contribution in [0, 0.1) is 23.2 Å². The molecule has 0 heterocycles. The number of allylic oxidation sites excluding steroid dienone is 1. The minimum absolute atomic E-state index is 0.0307. The quantitative estimate of drug-likeness (QED) is 0.270. The molecule has 3 unspecified atom stereocenters. The van der Waals surface area contributed by atoms with E-state index in [0.29, 0.717) is 17.3 Å². The Labute approximate surface area is 181 Å². The number of hydrogen-bond donors (Lipinski definition) is 1. The third kappa shape index (κ3) is 6.02. The van der Waals surface area contributed by atoms with E-state index in [4.69, 9.17) is 0 Å². The second kappa shape index (κ2) is 11.8. The normalized spacial score (nSPS) is 32.0. The van der Waals surface area contributed by atoms with Gasteiger partial charge in [0.2, 0.25) is 0 Å². The summed E-state index contributed by atoms with van der Waals surface area (Å²) < 4.78 is 7.64. The third-order valence-corrected chi connectivity index (χ3v) is 22.8. The Kier molecular flexibility index (Phi) is 10.4. The summed E-state index contributed by atoms with van der Waals surface area (Å²) in [5, 5.41) is 10.6. The molecule has 2 heteroatoms. The Morgan fingerprint density at radius 2 is 1.54 bits per heavy atom. The molecular formula is C26H50OSn. The van der Waals surface area contributed by atoms with E-state index in [0.717, 1.165) is 12.3 Å². The van der Waals surface area contributed by atoms with Crippen LogP contribution in [-0.4, -0.2) is 29.6 Å². The van der Waals surface area contributed by atoms with Gasteiger partial charge in [-0.2, -0.15) is 0 Å². The first-order valence-corrected chi connectivity index (χ1v) is 20.5. The molecule has 0 saturated heterocycles. The summed E-state index contributed by atoms with van der Waals surface area (Å²) in [6.07, 6.45) is 17.4. The van der Waals surface area contributed by atoms with E-state index in [1.807, 2.05) is 0 Å². The molecule has 2 saturated carbocycles. The first-order valence-electron chi connectivity index (χ1n) is 12.8. The third-order valence-electron chi connectivity index (χ3n) is 8.64. The molecule has 0 radical (unpaired) electrons. The van der Waals surface area contributed by atoms with Crippen molar-refractivity contribution < 1.29 is 5.11 Å². The van der Waals surface area contributed by atoms with Gasteiger partial charge in [0.15, 0.2) is 0 Å². The van der Waals surface area contributed by atoms with Gasteiger partial charge < -0.3 is 0 Å². The van der Waals surface area contributed by atoms with Crippen LogP contribution in [0.3, 0.4) is 0 Å². The summed E-state index contributed by atoms with van der Waals surface area (Å²) >= 11 is -2.16. The molecule has 0 aromatic rings. The number of aliphatic hydroxyl groups excluding tert-OH is 1. The molecule has 2 aliphatic carbocycles. The van der Waals surface area contributed by atoms with Crippen molar-refractivity contribution >= 4 is 18.4 Å². The Bertz CT molecular complexity index is 451. The second-order valence-corrected chi connectivity index (χ2v) is 23.7. The Morgan fingerprint density at radius 3 is 2.07 bits per heavy atom. The van der Waals surface area contributed by atoms with Crippen LogP contribution in [-0.2, 0) is 0 Å². The Balaban J connectivity index is 2.14. The maximum absolute atomic E-state index is 10.6. The zero-order chi connectivity index (χ0) is 20.6. The van der Waals surface area contributed by atoms with Crippen LogP contribution >= 0.6 is 0 Å². The van der Waals surface area contributed by atoms with Gasteiger partial charge in [0.1, 0.15) is 0 Å². The molecule has 0 aromatic carbocycles. The van der Waals surface area contributed by atoms with Crippen LogP contribution in [0.4, 0.5) is 0 Å². The van der Waals surface area contributed by atoms with E-state index in [-0.39, 0.29) is 6.10 Å². The van der Waals surface area contributed by atoms with E-state index in [1.165, 1.54) is 64.2 Å². The molecule has 0 bridgehead atoms. The van der Waals surface area contributed by atoms with Crippen molar-refractivity contribution in [1.29, 1.82) is 0 Å². The predicted octanol–water partition coefficient (Wildman–Crippen LogP) is 8.14. The van der Waals surface area contributed by atoms with Crippen LogP contribution in [0.25, 0.3) is 0 Å². The zero-order valence-electron chi connectivity index (χ0n) is 19.8. The van der Waals surface area contributed by atoms with Crippen molar-refractivity contribution in [3.8, 4) is 0 Å². The number of unbranched alkanes of at least 4 members (excludes halogenated alkanes) is 3. The molecule has 1 nitrogen and oxygen atoms in total. The first kappa shape index (κ1) is 24.8. The summed E-state index contributed by atoms with van der Waals surface area (Å²) in [4.78, 5) is 0. The average molecular weight is 497 g/mol. The van der Waals surface area contributed by atoms with Crippen LogP contribution in [0.15, 0.2) is 10.2 Å². The van der Waals surface area contributed by atoms with Crippen LogP contribution in [0.2, 0.25) is 13.3 Å². The van der Waals surface area contributed by atoms with Crippen molar-refractivity contribution in [2.45, 2.75) is 125 Å². The SMILES string of the molecule is CCC[CH2][Sn]([CH]=C[C@H](C)C1CCC2C(O)CCC[C@@]21C)([CH2]CCC)[CH2]CCC. The van der Waals surface area contributed by atoms with Crippen molar-refractivity contribution in [2.24, 2.45) is 23.2 Å².